The van der Waals surface area contributed by atoms with Gasteiger partial charge >= 0.3 is 0 Å². The SMILES string of the molecule is CN1CCCc2cc(C(CNC(=O)c3cccc(F)c3)N3CCOCC3)ccc21. The van der Waals surface area contributed by atoms with Crippen LogP contribution in [0.5, 0.6) is 0 Å². The van der Waals surface area contributed by atoms with Gasteiger partial charge in [0.1, 0.15) is 5.82 Å². The lowest BCUT2D eigenvalue weighted by Gasteiger charge is -2.36. The van der Waals surface area contributed by atoms with Crippen molar-refractivity contribution in [1.29, 1.82) is 0 Å². The maximum atomic E-state index is 13.5. The average molecular weight is 397 g/mol. The summed E-state index contributed by atoms with van der Waals surface area (Å²) in [5, 5.41) is 3.01. The standard InChI is InChI=1S/C23H28FN3O2/c1-26-9-3-5-17-14-18(7-8-21(17)26)22(27-10-12-29-13-11-27)16-25-23(28)19-4-2-6-20(24)15-19/h2,4,6-8,14-15,22H,3,5,9-13,16H2,1H3,(H,25,28). The number of hydrogen-bond donors (Lipinski definition) is 1. The van der Waals surface area contributed by atoms with E-state index >= 15 is 0 Å². The van der Waals surface area contributed by atoms with Gasteiger partial charge in [0, 0.05) is 44.5 Å². The number of halogens is 1. The first-order valence-corrected chi connectivity index (χ1v) is 10.3. The first-order valence-electron chi connectivity index (χ1n) is 10.3. The van der Waals surface area contributed by atoms with Crippen LogP contribution in [-0.4, -0.2) is 57.2 Å². The van der Waals surface area contributed by atoms with E-state index in [1.54, 1.807) is 12.1 Å². The summed E-state index contributed by atoms with van der Waals surface area (Å²) in [6.45, 7) is 4.62. The number of nitrogens with one attached hydrogen (secondary N) is 1. The van der Waals surface area contributed by atoms with Crippen LogP contribution in [-0.2, 0) is 11.2 Å². The minimum absolute atomic E-state index is 0.0638. The average Bonchev–Trinajstić information content (AvgIpc) is 2.74. The van der Waals surface area contributed by atoms with E-state index < -0.39 is 5.82 Å². The highest BCUT2D eigenvalue weighted by Gasteiger charge is 2.25. The van der Waals surface area contributed by atoms with E-state index in [1.807, 2.05) is 0 Å². The van der Waals surface area contributed by atoms with Gasteiger partial charge in [0.05, 0.1) is 19.3 Å². The number of nitrogens with zero attached hydrogens (tertiary/aromatic N) is 2. The van der Waals surface area contributed by atoms with E-state index in [4.69, 9.17) is 4.74 Å². The lowest BCUT2D eigenvalue weighted by atomic mass is 9.95. The van der Waals surface area contributed by atoms with Crippen molar-refractivity contribution >= 4 is 11.6 Å². The van der Waals surface area contributed by atoms with Crippen molar-refractivity contribution in [3.63, 3.8) is 0 Å². The topological polar surface area (TPSA) is 44.8 Å². The van der Waals surface area contributed by atoms with Crippen LogP contribution in [0.1, 0.15) is 33.9 Å². The molecule has 0 aliphatic carbocycles. The van der Waals surface area contributed by atoms with Crippen molar-refractivity contribution < 1.29 is 13.9 Å². The summed E-state index contributed by atoms with van der Waals surface area (Å²) >= 11 is 0. The van der Waals surface area contributed by atoms with E-state index in [0.29, 0.717) is 25.3 Å². The Balaban J connectivity index is 1.54. The van der Waals surface area contributed by atoms with Crippen LogP contribution in [0.2, 0.25) is 0 Å². The summed E-state index contributed by atoms with van der Waals surface area (Å²) in [7, 11) is 2.14. The Kier molecular flexibility index (Phi) is 6.11. The maximum Gasteiger partial charge on any atom is 0.251 e. The minimum atomic E-state index is -0.402. The van der Waals surface area contributed by atoms with Gasteiger partial charge in [-0.3, -0.25) is 9.69 Å². The molecule has 5 nitrogen and oxygen atoms in total. The highest BCUT2D eigenvalue weighted by Crippen LogP contribution is 2.31. The monoisotopic (exact) mass is 397 g/mol. The zero-order chi connectivity index (χ0) is 20.2. The molecule has 0 radical (unpaired) electrons. The number of ether oxygens (including phenoxy) is 1. The molecule has 1 unspecified atom stereocenters. The largest absolute Gasteiger partial charge is 0.379 e. The van der Waals surface area contributed by atoms with Gasteiger partial charge in [-0.1, -0.05) is 18.2 Å². The normalized spacial score (nSPS) is 18.2. The van der Waals surface area contributed by atoms with Gasteiger partial charge < -0.3 is 15.0 Å². The molecule has 29 heavy (non-hydrogen) atoms. The molecule has 2 aromatic rings. The lowest BCUT2D eigenvalue weighted by molar-refractivity contribution is 0.0162. The van der Waals surface area contributed by atoms with E-state index in [1.165, 1.54) is 28.9 Å². The molecule has 2 aliphatic heterocycles. The van der Waals surface area contributed by atoms with Crippen molar-refractivity contribution in [2.24, 2.45) is 0 Å². The Morgan fingerprint density at radius 2 is 2.00 bits per heavy atom. The second-order valence-corrected chi connectivity index (χ2v) is 7.80. The van der Waals surface area contributed by atoms with Crippen LogP contribution < -0.4 is 10.2 Å². The molecular formula is C23H28FN3O2. The van der Waals surface area contributed by atoms with Crippen LogP contribution in [0.4, 0.5) is 10.1 Å². The first-order chi connectivity index (χ1) is 14.1. The number of hydrogen-bond acceptors (Lipinski definition) is 4. The molecule has 1 N–H and O–H groups in total. The number of aryl methyl sites for hydroxylation is 1. The number of fused-ring (bicyclic) bond motifs is 1. The molecule has 2 aliphatic rings. The molecule has 0 saturated carbocycles. The Morgan fingerprint density at radius 3 is 2.79 bits per heavy atom. The zero-order valence-electron chi connectivity index (χ0n) is 16.9. The molecule has 2 heterocycles. The molecule has 6 heteroatoms. The van der Waals surface area contributed by atoms with Crippen LogP contribution in [0.25, 0.3) is 0 Å². The van der Waals surface area contributed by atoms with Crippen molar-refractivity contribution in [3.05, 3.63) is 65.0 Å². The summed E-state index contributed by atoms with van der Waals surface area (Å²) < 4.78 is 19.0. The fraction of sp³-hybridized carbons (Fsp3) is 0.435. The highest BCUT2D eigenvalue weighted by atomic mass is 19.1. The quantitative estimate of drug-likeness (QED) is 0.843. The lowest BCUT2D eigenvalue weighted by Crippen LogP contribution is -2.44. The van der Waals surface area contributed by atoms with Gasteiger partial charge in [0.15, 0.2) is 0 Å². The van der Waals surface area contributed by atoms with Gasteiger partial charge in [0.25, 0.3) is 5.91 Å². The van der Waals surface area contributed by atoms with Crippen molar-refractivity contribution in [1.82, 2.24) is 10.2 Å². The van der Waals surface area contributed by atoms with Gasteiger partial charge in [-0.05, 0) is 48.2 Å². The van der Waals surface area contributed by atoms with Crippen molar-refractivity contribution in [3.8, 4) is 0 Å². The number of rotatable bonds is 5. The second-order valence-electron chi connectivity index (χ2n) is 7.80. The Bertz CT molecular complexity index is 867. The molecule has 1 fully saturated rings. The van der Waals surface area contributed by atoms with Crippen LogP contribution >= 0.6 is 0 Å². The molecule has 1 atom stereocenters. The predicted octanol–water partition coefficient (Wildman–Crippen LogP) is 3.01. The van der Waals surface area contributed by atoms with Crippen LogP contribution in [0.3, 0.4) is 0 Å². The third kappa shape index (κ3) is 4.60. The molecule has 0 aromatic heterocycles. The molecule has 1 saturated heterocycles. The van der Waals surface area contributed by atoms with E-state index in [9.17, 15) is 9.18 Å². The molecule has 0 bridgehead atoms. The van der Waals surface area contributed by atoms with Gasteiger partial charge in [0.2, 0.25) is 0 Å². The molecule has 1 amide bonds. The minimum Gasteiger partial charge on any atom is -0.379 e. The van der Waals surface area contributed by atoms with Crippen LogP contribution in [0.15, 0.2) is 42.5 Å². The fourth-order valence-electron chi connectivity index (χ4n) is 4.28. The summed E-state index contributed by atoms with van der Waals surface area (Å²) in [6.07, 6.45) is 2.24. The smallest absolute Gasteiger partial charge is 0.251 e. The number of morpholine rings is 1. The number of carbonyl (C=O) groups is 1. The van der Waals surface area contributed by atoms with Gasteiger partial charge in [-0.15, -0.1) is 0 Å². The summed E-state index contributed by atoms with van der Waals surface area (Å²) in [5.41, 5.74) is 4.22. The molecule has 2 aromatic carbocycles. The molecule has 154 valence electrons. The van der Waals surface area contributed by atoms with Crippen LogP contribution in [0, 0.1) is 5.82 Å². The molecular weight excluding hydrogens is 369 g/mol. The number of anilines is 1. The van der Waals surface area contributed by atoms with Crippen molar-refractivity contribution in [2.45, 2.75) is 18.9 Å². The third-order valence-corrected chi connectivity index (χ3v) is 5.87. The summed E-state index contributed by atoms with van der Waals surface area (Å²) in [5.74, 6) is -0.651. The Hall–Kier alpha value is -2.44. The van der Waals surface area contributed by atoms with E-state index in [0.717, 1.165) is 32.5 Å². The van der Waals surface area contributed by atoms with Gasteiger partial charge in [-0.25, -0.2) is 4.39 Å². The third-order valence-electron chi connectivity index (χ3n) is 5.87. The highest BCUT2D eigenvalue weighted by molar-refractivity contribution is 5.94. The second kappa shape index (κ2) is 8.93. The Morgan fingerprint density at radius 1 is 1.17 bits per heavy atom. The zero-order valence-corrected chi connectivity index (χ0v) is 16.9. The first kappa shape index (κ1) is 19.9. The summed E-state index contributed by atoms with van der Waals surface area (Å²) in [4.78, 5) is 17.2. The van der Waals surface area contributed by atoms with E-state index in [2.05, 4.69) is 40.4 Å². The fourth-order valence-corrected chi connectivity index (χ4v) is 4.28. The molecule has 0 spiro atoms. The van der Waals surface area contributed by atoms with Crippen molar-refractivity contribution in [2.75, 3.05) is 51.3 Å². The number of benzene rings is 2. The Labute approximate surface area is 171 Å². The summed E-state index contributed by atoms with van der Waals surface area (Å²) in [6, 6.07) is 12.5. The van der Waals surface area contributed by atoms with E-state index in [-0.39, 0.29) is 11.9 Å². The predicted molar refractivity (Wildman–Crippen MR) is 112 cm³/mol. The van der Waals surface area contributed by atoms with Gasteiger partial charge in [-0.2, -0.15) is 0 Å². The molecule has 4 rings (SSSR count). The maximum absolute atomic E-state index is 13.5. The number of amides is 1. The number of carbonyl (C=O) groups excluding carboxylic acids is 1.